The molecule has 0 radical (unpaired) electrons. The molecule has 2 nitrogen and oxygen atoms in total. The maximum Gasteiger partial charge on any atom is 0.196 e. The van der Waals surface area contributed by atoms with Crippen molar-refractivity contribution in [1.82, 2.24) is 0 Å². The molecule has 0 heterocycles. The lowest BCUT2D eigenvalue weighted by Gasteiger charge is -2.07. The molecule has 0 saturated heterocycles. The van der Waals surface area contributed by atoms with Crippen LogP contribution in [-0.4, -0.2) is 11.6 Å². The van der Waals surface area contributed by atoms with Gasteiger partial charge in [-0.2, -0.15) is 0 Å². The van der Waals surface area contributed by atoms with Crippen LogP contribution in [0, 0.1) is 17.5 Å². The minimum absolute atomic E-state index is 0.121. The Morgan fingerprint density at radius 3 is 1.90 bits per heavy atom. The van der Waals surface area contributed by atoms with E-state index in [2.05, 4.69) is 0 Å². The highest BCUT2D eigenvalue weighted by molar-refractivity contribution is 6.15. The van der Waals surface area contributed by atoms with Gasteiger partial charge in [-0.25, -0.2) is 13.2 Å². The molecule has 0 fully saturated rings. The smallest absolute Gasteiger partial charge is 0.196 e. The van der Waals surface area contributed by atoms with E-state index in [1.54, 1.807) is 0 Å². The summed E-state index contributed by atoms with van der Waals surface area (Å²) in [4.78, 5) is 23.6. The summed E-state index contributed by atoms with van der Waals surface area (Å²) in [7, 11) is 0. The number of hydrogen-bond acceptors (Lipinski definition) is 2. The average Bonchev–Trinajstić information content (AvgIpc) is 2.37. The Hall–Kier alpha value is -2.43. The molecule has 0 unspecified atom stereocenters. The van der Waals surface area contributed by atoms with Crippen LogP contribution in [0.2, 0.25) is 0 Å². The zero-order valence-corrected chi connectivity index (χ0v) is 10.4. The minimum atomic E-state index is -1.03. The van der Waals surface area contributed by atoms with E-state index < -0.39 is 29.0 Å². The van der Waals surface area contributed by atoms with Gasteiger partial charge in [-0.3, -0.25) is 9.59 Å². The van der Waals surface area contributed by atoms with Crippen LogP contribution in [0.1, 0.15) is 33.2 Å². The summed E-state index contributed by atoms with van der Waals surface area (Å²) >= 11 is 0. The van der Waals surface area contributed by atoms with Crippen molar-refractivity contribution in [3.8, 4) is 0 Å². The number of rotatable bonds is 3. The molecule has 2 aromatic carbocycles. The molecule has 102 valence electrons. The fourth-order valence-corrected chi connectivity index (χ4v) is 1.82. The lowest BCUT2D eigenvalue weighted by atomic mass is 9.96. The van der Waals surface area contributed by atoms with Gasteiger partial charge >= 0.3 is 0 Å². The molecule has 0 aliphatic heterocycles. The molecule has 0 aliphatic carbocycles. The van der Waals surface area contributed by atoms with Crippen LogP contribution in [0.25, 0.3) is 0 Å². The molecule has 0 aliphatic rings. The van der Waals surface area contributed by atoms with Gasteiger partial charge in [0.1, 0.15) is 17.5 Å². The number of carbonyl (C=O) groups excluding carboxylic acids is 2. The van der Waals surface area contributed by atoms with Crippen LogP contribution in [0.4, 0.5) is 13.2 Å². The Morgan fingerprint density at radius 2 is 1.35 bits per heavy atom. The van der Waals surface area contributed by atoms with Gasteiger partial charge in [0.15, 0.2) is 11.6 Å². The van der Waals surface area contributed by atoms with Crippen molar-refractivity contribution in [2.75, 3.05) is 0 Å². The van der Waals surface area contributed by atoms with Crippen LogP contribution < -0.4 is 0 Å². The van der Waals surface area contributed by atoms with E-state index in [1.807, 2.05) is 0 Å². The molecule has 5 heteroatoms. The van der Waals surface area contributed by atoms with Crippen molar-refractivity contribution in [2.45, 2.75) is 6.92 Å². The first kappa shape index (κ1) is 14.0. The number of ketones is 2. The summed E-state index contributed by atoms with van der Waals surface area (Å²) < 4.78 is 39.5. The summed E-state index contributed by atoms with van der Waals surface area (Å²) in [6, 6.07) is 5.52. The van der Waals surface area contributed by atoms with Gasteiger partial charge in [0.2, 0.25) is 0 Å². The van der Waals surface area contributed by atoms with E-state index in [9.17, 15) is 22.8 Å². The Balaban J connectivity index is 2.56. The molecule has 20 heavy (non-hydrogen) atoms. The number of benzene rings is 2. The predicted molar refractivity (Wildman–Crippen MR) is 66.2 cm³/mol. The highest BCUT2D eigenvalue weighted by Gasteiger charge is 2.20. The van der Waals surface area contributed by atoms with E-state index in [1.165, 1.54) is 6.92 Å². The molecular formula is C15H9F3O2. The zero-order chi connectivity index (χ0) is 14.9. The largest absolute Gasteiger partial charge is 0.294 e. The quantitative estimate of drug-likeness (QED) is 0.805. The molecular weight excluding hydrogens is 269 g/mol. The summed E-state index contributed by atoms with van der Waals surface area (Å²) in [6.07, 6.45) is 0. The second-order valence-corrected chi connectivity index (χ2v) is 4.20. The van der Waals surface area contributed by atoms with Gasteiger partial charge in [-0.1, -0.05) is 0 Å². The van der Waals surface area contributed by atoms with Crippen molar-refractivity contribution in [1.29, 1.82) is 0 Å². The maximum atomic E-state index is 13.6. The molecule has 0 bridgehead atoms. The highest BCUT2D eigenvalue weighted by Crippen LogP contribution is 2.19. The van der Waals surface area contributed by atoms with Gasteiger partial charge in [0, 0.05) is 17.2 Å². The lowest BCUT2D eigenvalue weighted by molar-refractivity contribution is 0.0988. The monoisotopic (exact) mass is 278 g/mol. The summed E-state index contributed by atoms with van der Waals surface area (Å²) in [5, 5.41) is 0. The fraction of sp³-hybridized carbons (Fsp3) is 0.0667. The van der Waals surface area contributed by atoms with Crippen LogP contribution >= 0.6 is 0 Å². The van der Waals surface area contributed by atoms with Crippen molar-refractivity contribution < 1.29 is 22.8 Å². The van der Waals surface area contributed by atoms with E-state index >= 15 is 0 Å². The van der Waals surface area contributed by atoms with E-state index in [-0.39, 0.29) is 16.7 Å². The SMILES string of the molecule is CC(=O)c1cc(F)ccc1C(=O)c1ccc(F)cc1F. The van der Waals surface area contributed by atoms with Gasteiger partial charge in [-0.15, -0.1) is 0 Å². The molecule has 0 amide bonds. The van der Waals surface area contributed by atoms with E-state index in [0.717, 1.165) is 30.3 Å². The van der Waals surface area contributed by atoms with Crippen molar-refractivity contribution >= 4 is 11.6 Å². The molecule has 2 rings (SSSR count). The topological polar surface area (TPSA) is 34.1 Å². The first-order valence-corrected chi connectivity index (χ1v) is 5.70. The van der Waals surface area contributed by atoms with E-state index in [0.29, 0.717) is 6.07 Å². The first-order chi connectivity index (χ1) is 9.40. The van der Waals surface area contributed by atoms with Gasteiger partial charge in [-0.05, 0) is 37.3 Å². The van der Waals surface area contributed by atoms with Crippen LogP contribution in [0.3, 0.4) is 0 Å². The second kappa shape index (κ2) is 5.28. The molecule has 0 saturated carbocycles. The van der Waals surface area contributed by atoms with Crippen molar-refractivity contribution in [3.63, 3.8) is 0 Å². The number of hydrogen-bond donors (Lipinski definition) is 0. The maximum absolute atomic E-state index is 13.6. The number of halogens is 3. The van der Waals surface area contributed by atoms with Crippen LogP contribution in [0.15, 0.2) is 36.4 Å². The third-order valence-electron chi connectivity index (χ3n) is 2.78. The highest BCUT2D eigenvalue weighted by atomic mass is 19.1. The summed E-state index contributed by atoms with van der Waals surface area (Å²) in [5.74, 6) is -3.84. The van der Waals surface area contributed by atoms with E-state index in [4.69, 9.17) is 0 Å². The Kier molecular flexibility index (Phi) is 3.70. The molecule has 0 atom stereocenters. The fourth-order valence-electron chi connectivity index (χ4n) is 1.82. The number of Topliss-reactive ketones (excluding diaryl/α,β-unsaturated/α-hetero) is 1. The van der Waals surface area contributed by atoms with Gasteiger partial charge in [0.05, 0.1) is 5.56 Å². The number of carbonyl (C=O) groups is 2. The standard InChI is InChI=1S/C15H9F3O2/c1-8(19)13-6-9(16)2-4-11(13)15(20)12-5-3-10(17)7-14(12)18/h2-7H,1H3. The minimum Gasteiger partial charge on any atom is -0.294 e. The van der Waals surface area contributed by atoms with Crippen LogP contribution in [-0.2, 0) is 0 Å². The molecule has 0 N–H and O–H groups in total. The molecule has 2 aromatic rings. The molecule has 0 aromatic heterocycles. The third-order valence-corrected chi connectivity index (χ3v) is 2.78. The first-order valence-electron chi connectivity index (χ1n) is 5.70. The lowest BCUT2D eigenvalue weighted by Crippen LogP contribution is -2.10. The Labute approximate surface area is 112 Å². The average molecular weight is 278 g/mol. The van der Waals surface area contributed by atoms with Crippen molar-refractivity contribution in [2.24, 2.45) is 0 Å². The van der Waals surface area contributed by atoms with Crippen LogP contribution in [0.5, 0.6) is 0 Å². The van der Waals surface area contributed by atoms with Gasteiger partial charge in [0.25, 0.3) is 0 Å². The summed E-state index contributed by atoms with van der Waals surface area (Å²) in [6.45, 7) is 1.17. The molecule has 0 spiro atoms. The second-order valence-electron chi connectivity index (χ2n) is 4.20. The Morgan fingerprint density at radius 1 is 0.800 bits per heavy atom. The van der Waals surface area contributed by atoms with Crippen molar-refractivity contribution in [3.05, 3.63) is 70.5 Å². The predicted octanol–water partition coefficient (Wildman–Crippen LogP) is 3.54. The summed E-state index contributed by atoms with van der Waals surface area (Å²) in [5.41, 5.74) is -0.636. The normalized spacial score (nSPS) is 10.4. The zero-order valence-electron chi connectivity index (χ0n) is 10.4. The Bertz CT molecular complexity index is 708. The van der Waals surface area contributed by atoms with Gasteiger partial charge < -0.3 is 0 Å². The third kappa shape index (κ3) is 2.61.